The van der Waals surface area contributed by atoms with E-state index in [1.54, 1.807) is 0 Å². The highest BCUT2D eigenvalue weighted by Crippen LogP contribution is 2.17. The number of unbranched alkanes of at least 4 members (excludes halogenated alkanes) is 7. The van der Waals surface area contributed by atoms with E-state index in [1.807, 2.05) is 19.3 Å². The van der Waals surface area contributed by atoms with E-state index in [0.29, 0.717) is 6.04 Å². The van der Waals surface area contributed by atoms with E-state index in [4.69, 9.17) is 0 Å². The lowest BCUT2D eigenvalue weighted by atomic mass is 10.0. The van der Waals surface area contributed by atoms with Crippen molar-refractivity contribution in [3.05, 3.63) is 23.8 Å². The SMILES string of the molecule is CCCCCCCCCCC(NCC)c1ncc(C)cn1. The van der Waals surface area contributed by atoms with Gasteiger partial charge in [-0.05, 0) is 25.5 Å². The van der Waals surface area contributed by atoms with Gasteiger partial charge in [-0.3, -0.25) is 0 Å². The number of aryl methyl sites for hydroxylation is 1. The maximum absolute atomic E-state index is 4.47. The van der Waals surface area contributed by atoms with Crippen molar-refractivity contribution in [1.82, 2.24) is 15.3 Å². The standard InChI is InChI=1S/C18H33N3/c1-4-6-7-8-9-10-11-12-13-17(19-5-2)18-20-14-16(3)15-21-18/h14-15,17,19H,4-13H2,1-3H3. The van der Waals surface area contributed by atoms with Gasteiger partial charge >= 0.3 is 0 Å². The molecule has 3 nitrogen and oxygen atoms in total. The molecule has 21 heavy (non-hydrogen) atoms. The van der Waals surface area contributed by atoms with E-state index in [0.717, 1.165) is 24.4 Å². The van der Waals surface area contributed by atoms with Gasteiger partial charge < -0.3 is 5.32 Å². The van der Waals surface area contributed by atoms with Crippen LogP contribution in [0.15, 0.2) is 12.4 Å². The number of hydrogen-bond acceptors (Lipinski definition) is 3. The molecule has 3 heteroatoms. The molecule has 0 fully saturated rings. The van der Waals surface area contributed by atoms with Crippen molar-refractivity contribution in [3.8, 4) is 0 Å². The van der Waals surface area contributed by atoms with Gasteiger partial charge in [0.25, 0.3) is 0 Å². The van der Waals surface area contributed by atoms with Crippen LogP contribution in [0.2, 0.25) is 0 Å². The summed E-state index contributed by atoms with van der Waals surface area (Å²) in [6, 6.07) is 0.315. The molecule has 1 heterocycles. The quantitative estimate of drug-likeness (QED) is 0.553. The third-order valence-corrected chi connectivity index (χ3v) is 3.91. The predicted octanol–water partition coefficient (Wildman–Crippen LogP) is 4.97. The number of rotatable bonds is 12. The zero-order valence-corrected chi connectivity index (χ0v) is 14.2. The van der Waals surface area contributed by atoms with Crippen LogP contribution in [0.5, 0.6) is 0 Å². The van der Waals surface area contributed by atoms with Crippen molar-refractivity contribution in [2.75, 3.05) is 6.54 Å². The topological polar surface area (TPSA) is 37.8 Å². The smallest absolute Gasteiger partial charge is 0.145 e. The molecule has 0 spiro atoms. The number of hydrogen-bond donors (Lipinski definition) is 1. The fourth-order valence-corrected chi connectivity index (χ4v) is 2.63. The molecule has 1 N–H and O–H groups in total. The summed E-state index contributed by atoms with van der Waals surface area (Å²) >= 11 is 0. The zero-order chi connectivity index (χ0) is 15.3. The highest BCUT2D eigenvalue weighted by Gasteiger charge is 2.12. The molecule has 1 rings (SSSR count). The monoisotopic (exact) mass is 291 g/mol. The van der Waals surface area contributed by atoms with Crippen LogP contribution in [0.3, 0.4) is 0 Å². The van der Waals surface area contributed by atoms with Gasteiger partial charge in [-0.2, -0.15) is 0 Å². The lowest BCUT2D eigenvalue weighted by Gasteiger charge is -2.16. The minimum atomic E-state index is 0.315. The van der Waals surface area contributed by atoms with Gasteiger partial charge in [0.2, 0.25) is 0 Å². The number of nitrogens with one attached hydrogen (secondary N) is 1. The summed E-state index contributed by atoms with van der Waals surface area (Å²) in [7, 11) is 0. The van der Waals surface area contributed by atoms with E-state index in [1.165, 1.54) is 51.4 Å². The molecule has 0 amide bonds. The Kier molecular flexibility index (Phi) is 10.1. The molecular formula is C18H33N3. The summed E-state index contributed by atoms with van der Waals surface area (Å²) in [4.78, 5) is 8.94. The van der Waals surface area contributed by atoms with Crippen LogP contribution in [0.4, 0.5) is 0 Å². The second-order valence-electron chi connectivity index (χ2n) is 5.99. The molecule has 120 valence electrons. The average Bonchev–Trinajstić information content (AvgIpc) is 2.50. The third-order valence-electron chi connectivity index (χ3n) is 3.91. The first-order valence-electron chi connectivity index (χ1n) is 8.79. The maximum atomic E-state index is 4.47. The zero-order valence-electron chi connectivity index (χ0n) is 14.2. The van der Waals surface area contributed by atoms with Crippen molar-refractivity contribution < 1.29 is 0 Å². The fourth-order valence-electron chi connectivity index (χ4n) is 2.63. The van der Waals surface area contributed by atoms with Crippen molar-refractivity contribution in [3.63, 3.8) is 0 Å². The largest absolute Gasteiger partial charge is 0.308 e. The molecule has 1 aromatic heterocycles. The lowest BCUT2D eigenvalue weighted by molar-refractivity contribution is 0.457. The van der Waals surface area contributed by atoms with E-state index in [2.05, 4.69) is 29.1 Å². The minimum Gasteiger partial charge on any atom is -0.308 e. The van der Waals surface area contributed by atoms with E-state index in [-0.39, 0.29) is 0 Å². The molecule has 0 bridgehead atoms. The summed E-state index contributed by atoms with van der Waals surface area (Å²) in [6.45, 7) is 7.42. The van der Waals surface area contributed by atoms with Gasteiger partial charge in [-0.25, -0.2) is 9.97 Å². The first-order chi connectivity index (χ1) is 10.3. The van der Waals surface area contributed by atoms with Gasteiger partial charge in [0.15, 0.2) is 0 Å². The van der Waals surface area contributed by atoms with Crippen molar-refractivity contribution in [2.24, 2.45) is 0 Å². The fraction of sp³-hybridized carbons (Fsp3) is 0.778. The van der Waals surface area contributed by atoms with E-state index < -0.39 is 0 Å². The Balaban J connectivity index is 2.21. The minimum absolute atomic E-state index is 0.315. The van der Waals surface area contributed by atoms with Crippen molar-refractivity contribution in [1.29, 1.82) is 0 Å². The second-order valence-corrected chi connectivity index (χ2v) is 5.99. The molecule has 0 radical (unpaired) electrons. The predicted molar refractivity (Wildman–Crippen MR) is 90.4 cm³/mol. The van der Waals surface area contributed by atoms with Crippen LogP contribution in [0.25, 0.3) is 0 Å². The van der Waals surface area contributed by atoms with Gasteiger partial charge in [-0.15, -0.1) is 0 Å². The molecule has 1 aromatic rings. The third kappa shape index (κ3) is 8.15. The molecule has 0 aliphatic rings. The number of aromatic nitrogens is 2. The Morgan fingerprint density at radius 1 is 0.905 bits per heavy atom. The van der Waals surface area contributed by atoms with Crippen LogP contribution in [0, 0.1) is 6.92 Å². The van der Waals surface area contributed by atoms with E-state index in [9.17, 15) is 0 Å². The molecule has 0 aliphatic carbocycles. The first kappa shape index (κ1) is 18.1. The summed E-state index contributed by atoms with van der Waals surface area (Å²) in [5.74, 6) is 0.949. The van der Waals surface area contributed by atoms with Crippen LogP contribution in [-0.4, -0.2) is 16.5 Å². The Morgan fingerprint density at radius 2 is 1.48 bits per heavy atom. The van der Waals surface area contributed by atoms with Gasteiger partial charge in [0, 0.05) is 12.4 Å². The molecule has 1 unspecified atom stereocenters. The van der Waals surface area contributed by atoms with Crippen LogP contribution >= 0.6 is 0 Å². The van der Waals surface area contributed by atoms with Crippen molar-refractivity contribution in [2.45, 2.75) is 84.6 Å². The van der Waals surface area contributed by atoms with Crippen LogP contribution < -0.4 is 5.32 Å². The molecule has 0 aromatic carbocycles. The highest BCUT2D eigenvalue weighted by molar-refractivity contribution is 5.04. The summed E-state index contributed by atoms with van der Waals surface area (Å²) in [5.41, 5.74) is 1.13. The molecule has 0 saturated heterocycles. The summed E-state index contributed by atoms with van der Waals surface area (Å²) < 4.78 is 0. The Bertz CT molecular complexity index is 348. The van der Waals surface area contributed by atoms with Gasteiger partial charge in [0.05, 0.1) is 6.04 Å². The van der Waals surface area contributed by atoms with Crippen LogP contribution in [-0.2, 0) is 0 Å². The van der Waals surface area contributed by atoms with E-state index >= 15 is 0 Å². The van der Waals surface area contributed by atoms with Crippen molar-refractivity contribution >= 4 is 0 Å². The Morgan fingerprint density at radius 3 is 2.05 bits per heavy atom. The Labute approximate surface area is 131 Å². The second kappa shape index (κ2) is 11.7. The van der Waals surface area contributed by atoms with Gasteiger partial charge in [0.1, 0.15) is 5.82 Å². The molecule has 1 atom stereocenters. The Hall–Kier alpha value is -0.960. The van der Waals surface area contributed by atoms with Crippen LogP contribution in [0.1, 0.15) is 89.1 Å². The maximum Gasteiger partial charge on any atom is 0.145 e. The molecule has 0 aliphatic heterocycles. The normalized spacial score (nSPS) is 12.5. The lowest BCUT2D eigenvalue weighted by Crippen LogP contribution is -2.23. The molecule has 0 saturated carbocycles. The summed E-state index contributed by atoms with van der Waals surface area (Å²) in [6.07, 6.45) is 15.9. The van der Waals surface area contributed by atoms with Gasteiger partial charge in [-0.1, -0.05) is 65.2 Å². The average molecular weight is 291 g/mol. The number of nitrogens with zero attached hydrogens (tertiary/aromatic N) is 2. The highest BCUT2D eigenvalue weighted by atomic mass is 15.0. The molecular weight excluding hydrogens is 258 g/mol. The first-order valence-corrected chi connectivity index (χ1v) is 8.79. The summed E-state index contributed by atoms with van der Waals surface area (Å²) in [5, 5.41) is 3.51.